The van der Waals surface area contributed by atoms with E-state index in [1.807, 2.05) is 24.3 Å². The highest BCUT2D eigenvalue weighted by Crippen LogP contribution is 2.29. The van der Waals surface area contributed by atoms with E-state index in [0.717, 1.165) is 56.3 Å². The van der Waals surface area contributed by atoms with Gasteiger partial charge >= 0.3 is 0 Å². The minimum absolute atomic E-state index is 0.444. The van der Waals surface area contributed by atoms with E-state index in [4.69, 9.17) is 9.47 Å². The maximum atomic E-state index is 6.03. The first-order valence-corrected chi connectivity index (χ1v) is 10.1. The summed E-state index contributed by atoms with van der Waals surface area (Å²) in [6.07, 6.45) is 0. The molecule has 5 heteroatoms. The molecule has 1 aliphatic rings. The summed E-state index contributed by atoms with van der Waals surface area (Å²) in [6.45, 7) is 9.33. The van der Waals surface area contributed by atoms with Crippen molar-refractivity contribution in [1.29, 1.82) is 0 Å². The van der Waals surface area contributed by atoms with Crippen LogP contribution in [0.3, 0.4) is 0 Å². The molecular formula is C23H33N3O2. The van der Waals surface area contributed by atoms with Gasteiger partial charge in [0.15, 0.2) is 11.5 Å². The Bertz CT molecular complexity index is 715. The van der Waals surface area contributed by atoms with Crippen LogP contribution in [0.25, 0.3) is 0 Å². The SMILES string of the molecule is COc1ccc(CNC(C)CN2CCN(C)CC2)cc1OCc1ccccc1. The first kappa shape index (κ1) is 20.6. The second-order valence-electron chi connectivity index (χ2n) is 7.65. The van der Waals surface area contributed by atoms with Crippen molar-refractivity contribution in [1.82, 2.24) is 15.1 Å². The van der Waals surface area contributed by atoms with Gasteiger partial charge in [0.05, 0.1) is 7.11 Å². The standard InChI is InChI=1S/C23H33N3O2/c1-19(17-26-13-11-25(2)12-14-26)24-16-21-9-10-22(27-3)23(15-21)28-18-20-7-5-4-6-8-20/h4-10,15,19,24H,11-14,16-18H2,1-3H3. The number of benzene rings is 2. The number of hydrogen-bond donors (Lipinski definition) is 1. The van der Waals surface area contributed by atoms with Gasteiger partial charge in [-0.05, 0) is 37.2 Å². The Labute approximate surface area is 169 Å². The molecule has 2 aromatic carbocycles. The zero-order valence-electron chi connectivity index (χ0n) is 17.4. The molecule has 0 aromatic heterocycles. The van der Waals surface area contributed by atoms with Crippen LogP contribution in [-0.2, 0) is 13.2 Å². The van der Waals surface area contributed by atoms with E-state index >= 15 is 0 Å². The van der Waals surface area contributed by atoms with Crippen LogP contribution >= 0.6 is 0 Å². The molecule has 1 saturated heterocycles. The topological polar surface area (TPSA) is 37.0 Å². The van der Waals surface area contributed by atoms with Crippen molar-refractivity contribution < 1.29 is 9.47 Å². The molecule has 1 heterocycles. The smallest absolute Gasteiger partial charge is 0.161 e. The summed E-state index contributed by atoms with van der Waals surface area (Å²) in [4.78, 5) is 4.93. The number of nitrogens with zero attached hydrogens (tertiary/aromatic N) is 2. The second-order valence-corrected chi connectivity index (χ2v) is 7.65. The van der Waals surface area contributed by atoms with Gasteiger partial charge in [-0.3, -0.25) is 4.90 Å². The Balaban J connectivity index is 1.52. The Kier molecular flexibility index (Phi) is 7.71. The molecule has 0 amide bonds. The summed E-state index contributed by atoms with van der Waals surface area (Å²) in [6, 6.07) is 16.8. The van der Waals surface area contributed by atoms with Gasteiger partial charge in [-0.15, -0.1) is 0 Å². The molecule has 1 atom stereocenters. The van der Waals surface area contributed by atoms with Gasteiger partial charge in [0, 0.05) is 45.3 Å². The van der Waals surface area contributed by atoms with Gasteiger partial charge < -0.3 is 19.7 Å². The van der Waals surface area contributed by atoms with Crippen molar-refractivity contribution in [2.24, 2.45) is 0 Å². The van der Waals surface area contributed by atoms with Crippen LogP contribution in [0.1, 0.15) is 18.1 Å². The van der Waals surface area contributed by atoms with Crippen LogP contribution < -0.4 is 14.8 Å². The summed E-state index contributed by atoms with van der Waals surface area (Å²) >= 11 is 0. The molecule has 1 unspecified atom stereocenters. The molecule has 2 aromatic rings. The highest BCUT2D eigenvalue weighted by Gasteiger charge is 2.16. The first-order chi connectivity index (χ1) is 13.6. The van der Waals surface area contributed by atoms with Crippen molar-refractivity contribution >= 4 is 0 Å². The monoisotopic (exact) mass is 383 g/mol. The van der Waals surface area contributed by atoms with E-state index in [0.29, 0.717) is 12.6 Å². The fourth-order valence-corrected chi connectivity index (χ4v) is 3.45. The van der Waals surface area contributed by atoms with Crippen molar-refractivity contribution in [2.75, 3.05) is 46.9 Å². The molecule has 1 aliphatic heterocycles. The molecule has 0 spiro atoms. The minimum Gasteiger partial charge on any atom is -0.493 e. The number of likely N-dealkylation sites (N-methyl/N-ethyl adjacent to an activating group) is 1. The number of ether oxygens (including phenoxy) is 2. The van der Waals surface area contributed by atoms with Gasteiger partial charge in [-0.2, -0.15) is 0 Å². The summed E-state index contributed by atoms with van der Waals surface area (Å²) in [5, 5.41) is 3.64. The van der Waals surface area contributed by atoms with Crippen LogP contribution in [0.15, 0.2) is 48.5 Å². The summed E-state index contributed by atoms with van der Waals surface area (Å²) < 4.78 is 11.5. The fraction of sp³-hybridized carbons (Fsp3) is 0.478. The van der Waals surface area contributed by atoms with Crippen molar-refractivity contribution in [3.63, 3.8) is 0 Å². The average Bonchev–Trinajstić information content (AvgIpc) is 2.73. The van der Waals surface area contributed by atoms with Gasteiger partial charge in [0.1, 0.15) is 6.61 Å². The highest BCUT2D eigenvalue weighted by atomic mass is 16.5. The molecule has 0 radical (unpaired) electrons. The maximum Gasteiger partial charge on any atom is 0.161 e. The quantitative estimate of drug-likeness (QED) is 0.720. The number of nitrogens with one attached hydrogen (secondary N) is 1. The third kappa shape index (κ3) is 6.23. The molecule has 1 fully saturated rings. The summed E-state index contributed by atoms with van der Waals surface area (Å²) in [7, 11) is 3.88. The van der Waals surface area contributed by atoms with Crippen molar-refractivity contribution in [2.45, 2.75) is 26.1 Å². The van der Waals surface area contributed by atoms with Crippen LogP contribution in [-0.4, -0.2) is 62.7 Å². The maximum absolute atomic E-state index is 6.03. The van der Waals surface area contributed by atoms with E-state index in [1.54, 1.807) is 7.11 Å². The zero-order valence-corrected chi connectivity index (χ0v) is 17.4. The lowest BCUT2D eigenvalue weighted by atomic mass is 10.1. The summed E-state index contributed by atoms with van der Waals surface area (Å²) in [5.41, 5.74) is 2.35. The van der Waals surface area contributed by atoms with E-state index in [1.165, 1.54) is 5.56 Å². The molecule has 0 saturated carbocycles. The van der Waals surface area contributed by atoms with Crippen LogP contribution in [0.2, 0.25) is 0 Å². The third-order valence-electron chi connectivity index (χ3n) is 5.25. The molecule has 28 heavy (non-hydrogen) atoms. The van der Waals surface area contributed by atoms with E-state index in [9.17, 15) is 0 Å². The second kappa shape index (κ2) is 10.5. The molecule has 0 bridgehead atoms. The van der Waals surface area contributed by atoms with Crippen molar-refractivity contribution in [3.8, 4) is 11.5 Å². The molecule has 1 N–H and O–H groups in total. The highest BCUT2D eigenvalue weighted by molar-refractivity contribution is 5.43. The minimum atomic E-state index is 0.444. The van der Waals surface area contributed by atoms with E-state index in [-0.39, 0.29) is 0 Å². The Morgan fingerprint density at radius 1 is 0.964 bits per heavy atom. The molecular weight excluding hydrogens is 350 g/mol. The predicted octanol–water partition coefficient (Wildman–Crippen LogP) is 3.00. The van der Waals surface area contributed by atoms with E-state index in [2.05, 4.69) is 53.4 Å². The Morgan fingerprint density at radius 2 is 1.71 bits per heavy atom. The summed E-state index contributed by atoms with van der Waals surface area (Å²) in [5.74, 6) is 1.56. The molecule has 152 valence electrons. The first-order valence-electron chi connectivity index (χ1n) is 10.1. The van der Waals surface area contributed by atoms with Crippen LogP contribution in [0, 0.1) is 0 Å². The number of methoxy groups -OCH3 is 1. The number of hydrogen-bond acceptors (Lipinski definition) is 5. The lowest BCUT2D eigenvalue weighted by molar-refractivity contribution is 0.144. The van der Waals surface area contributed by atoms with Crippen molar-refractivity contribution in [3.05, 3.63) is 59.7 Å². The van der Waals surface area contributed by atoms with Gasteiger partial charge in [0.25, 0.3) is 0 Å². The Morgan fingerprint density at radius 3 is 2.43 bits per heavy atom. The van der Waals surface area contributed by atoms with Gasteiger partial charge in [-0.1, -0.05) is 36.4 Å². The van der Waals surface area contributed by atoms with Crippen LogP contribution in [0.5, 0.6) is 11.5 Å². The molecule has 0 aliphatic carbocycles. The van der Waals surface area contributed by atoms with Crippen LogP contribution in [0.4, 0.5) is 0 Å². The molecule has 3 rings (SSSR count). The number of piperazine rings is 1. The zero-order chi connectivity index (χ0) is 19.8. The lowest BCUT2D eigenvalue weighted by Crippen LogP contribution is -2.48. The predicted molar refractivity (Wildman–Crippen MR) is 114 cm³/mol. The fourth-order valence-electron chi connectivity index (χ4n) is 3.45. The lowest BCUT2D eigenvalue weighted by Gasteiger charge is -2.34. The van der Waals surface area contributed by atoms with Gasteiger partial charge in [-0.25, -0.2) is 0 Å². The normalized spacial score (nSPS) is 16.7. The number of rotatable bonds is 9. The average molecular weight is 384 g/mol. The third-order valence-corrected chi connectivity index (χ3v) is 5.25. The largest absolute Gasteiger partial charge is 0.493 e. The van der Waals surface area contributed by atoms with Gasteiger partial charge in [0.2, 0.25) is 0 Å². The molecule has 5 nitrogen and oxygen atoms in total. The van der Waals surface area contributed by atoms with E-state index < -0.39 is 0 Å². The Hall–Kier alpha value is -2.08.